The van der Waals surface area contributed by atoms with Gasteiger partial charge in [0, 0.05) is 10.2 Å². The number of hydrogen-bond donors (Lipinski definition) is 2. The van der Waals surface area contributed by atoms with E-state index in [1.54, 1.807) is 0 Å². The molecule has 0 aliphatic heterocycles. The zero-order valence-corrected chi connectivity index (χ0v) is 11.2. The van der Waals surface area contributed by atoms with Gasteiger partial charge in [-0.1, -0.05) is 46.3 Å². The fourth-order valence-electron chi connectivity index (χ4n) is 1.94. The summed E-state index contributed by atoms with van der Waals surface area (Å²) in [5.41, 5.74) is 9.14. The van der Waals surface area contributed by atoms with E-state index in [0.717, 1.165) is 15.7 Å². The highest BCUT2D eigenvalue weighted by Gasteiger charge is 2.14. The minimum Gasteiger partial charge on any atom is -0.398 e. The van der Waals surface area contributed by atoms with Gasteiger partial charge in [-0.2, -0.15) is 0 Å². The van der Waals surface area contributed by atoms with Crippen LogP contribution in [0.4, 0.5) is 5.69 Å². The number of halogens is 1. The Bertz CT molecular complexity index is 497. The van der Waals surface area contributed by atoms with Crippen LogP contribution in [-0.2, 0) is 0 Å². The highest BCUT2D eigenvalue weighted by atomic mass is 79.9. The van der Waals surface area contributed by atoms with Gasteiger partial charge in [-0.3, -0.25) is 0 Å². The van der Waals surface area contributed by atoms with Crippen LogP contribution in [-0.4, -0.2) is 7.05 Å². The number of anilines is 1. The number of hydrogen-bond acceptors (Lipinski definition) is 2. The second kappa shape index (κ2) is 5.34. The quantitative estimate of drug-likeness (QED) is 0.851. The van der Waals surface area contributed by atoms with E-state index in [1.807, 2.05) is 37.4 Å². The van der Waals surface area contributed by atoms with E-state index < -0.39 is 0 Å². The molecule has 0 radical (unpaired) electrons. The summed E-state index contributed by atoms with van der Waals surface area (Å²) in [4.78, 5) is 0. The second-order valence-corrected chi connectivity index (χ2v) is 4.82. The van der Waals surface area contributed by atoms with Gasteiger partial charge in [-0.05, 0) is 36.4 Å². The Labute approximate surface area is 110 Å². The molecule has 0 fully saturated rings. The van der Waals surface area contributed by atoms with Gasteiger partial charge in [0.15, 0.2) is 0 Å². The molecule has 2 aromatic carbocycles. The second-order valence-electron chi connectivity index (χ2n) is 3.91. The largest absolute Gasteiger partial charge is 0.398 e. The molecular formula is C14H15BrN2. The molecular weight excluding hydrogens is 276 g/mol. The van der Waals surface area contributed by atoms with Crippen LogP contribution < -0.4 is 11.1 Å². The summed E-state index contributed by atoms with van der Waals surface area (Å²) < 4.78 is 1.04. The van der Waals surface area contributed by atoms with Gasteiger partial charge in [-0.25, -0.2) is 0 Å². The zero-order valence-electron chi connectivity index (χ0n) is 9.65. The molecule has 3 N–H and O–H groups in total. The van der Waals surface area contributed by atoms with Gasteiger partial charge < -0.3 is 11.1 Å². The fraction of sp³-hybridized carbons (Fsp3) is 0.143. The lowest BCUT2D eigenvalue weighted by Gasteiger charge is -2.19. The van der Waals surface area contributed by atoms with Crippen LogP contribution in [0.1, 0.15) is 17.2 Å². The molecule has 88 valence electrons. The van der Waals surface area contributed by atoms with Crippen molar-refractivity contribution in [1.29, 1.82) is 0 Å². The predicted octanol–water partition coefficient (Wildman–Crippen LogP) is 3.34. The lowest BCUT2D eigenvalue weighted by atomic mass is 9.97. The summed E-state index contributed by atoms with van der Waals surface area (Å²) in [6.45, 7) is 0. The standard InChI is InChI=1S/C14H15BrN2/c1-17-14(10-5-3-2-4-6-10)12-9-11(15)7-8-13(12)16/h2-9,14,17H,16H2,1H3/t14-/m0/s1. The molecule has 0 aliphatic carbocycles. The molecule has 17 heavy (non-hydrogen) atoms. The Morgan fingerprint density at radius 2 is 1.82 bits per heavy atom. The minimum atomic E-state index is 0.119. The normalized spacial score (nSPS) is 12.4. The van der Waals surface area contributed by atoms with Crippen molar-refractivity contribution >= 4 is 21.6 Å². The van der Waals surface area contributed by atoms with E-state index in [0.29, 0.717) is 0 Å². The van der Waals surface area contributed by atoms with Gasteiger partial charge in [0.1, 0.15) is 0 Å². The number of nitrogens with two attached hydrogens (primary N) is 1. The minimum absolute atomic E-state index is 0.119. The number of benzene rings is 2. The van der Waals surface area contributed by atoms with Crippen molar-refractivity contribution in [3.8, 4) is 0 Å². The van der Waals surface area contributed by atoms with E-state index in [4.69, 9.17) is 5.73 Å². The molecule has 3 heteroatoms. The van der Waals surface area contributed by atoms with Crippen molar-refractivity contribution in [3.05, 3.63) is 64.1 Å². The van der Waals surface area contributed by atoms with Crippen LogP contribution in [0, 0.1) is 0 Å². The van der Waals surface area contributed by atoms with Gasteiger partial charge in [0.2, 0.25) is 0 Å². The first-order chi connectivity index (χ1) is 8.22. The van der Waals surface area contributed by atoms with E-state index in [-0.39, 0.29) is 6.04 Å². The monoisotopic (exact) mass is 290 g/mol. The van der Waals surface area contributed by atoms with Gasteiger partial charge in [0.25, 0.3) is 0 Å². The summed E-state index contributed by atoms with van der Waals surface area (Å²) in [6, 6.07) is 16.3. The van der Waals surface area contributed by atoms with Crippen LogP contribution >= 0.6 is 15.9 Å². The smallest absolute Gasteiger partial charge is 0.0595 e. The first-order valence-corrected chi connectivity index (χ1v) is 6.29. The van der Waals surface area contributed by atoms with Crippen molar-refractivity contribution in [2.24, 2.45) is 0 Å². The molecule has 2 nitrogen and oxygen atoms in total. The van der Waals surface area contributed by atoms with Crippen molar-refractivity contribution in [2.75, 3.05) is 12.8 Å². The SMILES string of the molecule is CN[C@@H](c1ccccc1)c1cc(Br)ccc1N. The van der Waals surface area contributed by atoms with E-state index in [1.165, 1.54) is 5.56 Å². The number of nitrogens with one attached hydrogen (secondary N) is 1. The zero-order chi connectivity index (χ0) is 12.3. The molecule has 0 heterocycles. The molecule has 0 saturated carbocycles. The number of nitrogen functional groups attached to an aromatic ring is 1. The van der Waals surface area contributed by atoms with Crippen LogP contribution in [0.25, 0.3) is 0 Å². The molecule has 0 saturated heterocycles. The first kappa shape index (κ1) is 12.1. The van der Waals surface area contributed by atoms with Gasteiger partial charge >= 0.3 is 0 Å². The summed E-state index contributed by atoms with van der Waals surface area (Å²) in [5, 5.41) is 3.30. The average molecular weight is 291 g/mol. The van der Waals surface area contributed by atoms with Crippen LogP contribution in [0.15, 0.2) is 53.0 Å². The molecule has 0 aliphatic rings. The highest BCUT2D eigenvalue weighted by molar-refractivity contribution is 9.10. The molecule has 0 unspecified atom stereocenters. The molecule has 0 aromatic heterocycles. The van der Waals surface area contributed by atoms with Crippen molar-refractivity contribution < 1.29 is 0 Å². The first-order valence-electron chi connectivity index (χ1n) is 5.49. The van der Waals surface area contributed by atoms with Crippen LogP contribution in [0.3, 0.4) is 0 Å². The third kappa shape index (κ3) is 2.68. The fourth-order valence-corrected chi connectivity index (χ4v) is 2.32. The highest BCUT2D eigenvalue weighted by Crippen LogP contribution is 2.28. The summed E-state index contributed by atoms with van der Waals surface area (Å²) >= 11 is 3.48. The lowest BCUT2D eigenvalue weighted by Crippen LogP contribution is -2.18. The lowest BCUT2D eigenvalue weighted by molar-refractivity contribution is 0.693. The van der Waals surface area contributed by atoms with E-state index >= 15 is 0 Å². The maximum Gasteiger partial charge on any atom is 0.0595 e. The molecule has 0 bridgehead atoms. The van der Waals surface area contributed by atoms with Crippen molar-refractivity contribution in [2.45, 2.75) is 6.04 Å². The molecule has 1 atom stereocenters. The molecule has 0 spiro atoms. The van der Waals surface area contributed by atoms with Crippen LogP contribution in [0.5, 0.6) is 0 Å². The predicted molar refractivity (Wildman–Crippen MR) is 75.9 cm³/mol. The Kier molecular flexibility index (Phi) is 3.82. The molecule has 0 amide bonds. The Balaban J connectivity index is 2.46. The summed E-state index contributed by atoms with van der Waals surface area (Å²) in [6.07, 6.45) is 0. The number of rotatable bonds is 3. The van der Waals surface area contributed by atoms with Crippen LogP contribution in [0.2, 0.25) is 0 Å². The van der Waals surface area contributed by atoms with E-state index in [2.05, 4.69) is 39.4 Å². The molecule has 2 aromatic rings. The van der Waals surface area contributed by atoms with Crippen molar-refractivity contribution in [1.82, 2.24) is 5.32 Å². The average Bonchev–Trinajstić information content (AvgIpc) is 2.36. The van der Waals surface area contributed by atoms with E-state index in [9.17, 15) is 0 Å². The third-order valence-electron chi connectivity index (χ3n) is 2.78. The maximum absolute atomic E-state index is 6.04. The van der Waals surface area contributed by atoms with Gasteiger partial charge in [0.05, 0.1) is 6.04 Å². The maximum atomic E-state index is 6.04. The van der Waals surface area contributed by atoms with Gasteiger partial charge in [-0.15, -0.1) is 0 Å². The third-order valence-corrected chi connectivity index (χ3v) is 3.27. The Morgan fingerprint density at radius 3 is 2.47 bits per heavy atom. The topological polar surface area (TPSA) is 38.0 Å². The Hall–Kier alpha value is -1.32. The Morgan fingerprint density at radius 1 is 1.12 bits per heavy atom. The summed E-state index contributed by atoms with van der Waals surface area (Å²) in [7, 11) is 1.94. The van der Waals surface area contributed by atoms with Crippen molar-refractivity contribution in [3.63, 3.8) is 0 Å². The summed E-state index contributed by atoms with van der Waals surface area (Å²) in [5.74, 6) is 0. The molecule has 2 rings (SSSR count).